The highest BCUT2D eigenvalue weighted by Gasteiger charge is 2.57. The molecule has 322 valence electrons. The van der Waals surface area contributed by atoms with Gasteiger partial charge in [-0.2, -0.15) is 0 Å². The summed E-state index contributed by atoms with van der Waals surface area (Å²) in [6.07, 6.45) is 3.76. The van der Waals surface area contributed by atoms with Gasteiger partial charge in [0, 0.05) is 28.8 Å². The zero-order valence-electron chi connectivity index (χ0n) is 35.3. The van der Waals surface area contributed by atoms with E-state index in [2.05, 4.69) is 44.6 Å². The van der Waals surface area contributed by atoms with Crippen LogP contribution >= 0.6 is 0 Å². The number of piperidine rings is 2. The molecule has 4 fully saturated rings. The molecule has 2 aromatic heterocycles. The molecule has 0 bridgehead atoms. The minimum absolute atomic E-state index is 0.103. The minimum Gasteiger partial charge on any atom is -0.453 e. The van der Waals surface area contributed by atoms with Crippen LogP contribution in [0.1, 0.15) is 95.0 Å². The van der Waals surface area contributed by atoms with E-state index >= 15 is 0 Å². The SMILES string of the molecule is COC(=O)N[C@@H](C(=O)N1[C@@H]2C[C@@H]2C[C@H]1c1nc2c([nH]1)-c1ccc(C#Cc3ccc4nc([C@@H]5C[C@H]6C[C@H]6N5C(=O)[C@H](NC(=O)OC)c5ccccc5)[nH]c4c3)cc1CC2)c1ccccc1. The summed E-state index contributed by atoms with van der Waals surface area (Å²) < 4.78 is 9.78. The number of carbonyl (C=O) groups is 4. The topological polar surface area (TPSA) is 175 Å². The van der Waals surface area contributed by atoms with Gasteiger partial charge in [-0.3, -0.25) is 9.59 Å². The Bertz CT molecular complexity index is 2900. The predicted molar refractivity (Wildman–Crippen MR) is 235 cm³/mol. The van der Waals surface area contributed by atoms with E-state index in [-0.39, 0.29) is 36.0 Å². The number of hydrogen-bond acceptors (Lipinski definition) is 8. The number of imidazole rings is 2. The van der Waals surface area contributed by atoms with Gasteiger partial charge in [0.25, 0.3) is 11.8 Å². The third kappa shape index (κ3) is 7.10. The number of likely N-dealkylation sites (tertiary alicyclic amines) is 2. The Morgan fingerprint density at radius 1 is 0.656 bits per heavy atom. The van der Waals surface area contributed by atoms with Crippen LogP contribution in [0.5, 0.6) is 0 Å². The van der Waals surface area contributed by atoms with Gasteiger partial charge in [0.2, 0.25) is 0 Å². The quantitative estimate of drug-likeness (QED) is 0.119. The van der Waals surface area contributed by atoms with Gasteiger partial charge in [0.1, 0.15) is 23.7 Å². The van der Waals surface area contributed by atoms with E-state index in [4.69, 9.17) is 19.4 Å². The van der Waals surface area contributed by atoms with E-state index in [0.717, 1.165) is 89.3 Å². The van der Waals surface area contributed by atoms with Crippen molar-refractivity contribution >= 4 is 35.0 Å². The summed E-state index contributed by atoms with van der Waals surface area (Å²) >= 11 is 0. The Balaban J connectivity index is 0.810. The van der Waals surface area contributed by atoms with E-state index in [1.807, 2.05) is 94.7 Å². The Hall–Kier alpha value is -7.40. The maximum atomic E-state index is 14.3. The van der Waals surface area contributed by atoms with Crippen LogP contribution in [-0.4, -0.2) is 80.0 Å². The molecule has 2 saturated carbocycles. The summed E-state index contributed by atoms with van der Waals surface area (Å²) in [6, 6.07) is 28.7. The molecule has 8 atom stereocenters. The average molecular weight is 855 g/mol. The first-order valence-electron chi connectivity index (χ1n) is 21.9. The first-order valence-corrected chi connectivity index (χ1v) is 21.9. The van der Waals surface area contributed by atoms with Gasteiger partial charge in [-0.15, -0.1) is 0 Å². The summed E-state index contributed by atoms with van der Waals surface area (Å²) in [6.45, 7) is 0. The fraction of sp³-hybridized carbons (Fsp3) is 0.320. The smallest absolute Gasteiger partial charge is 0.407 e. The summed E-state index contributed by atoms with van der Waals surface area (Å²) in [5.74, 6) is 8.68. The number of benzene rings is 4. The Kier molecular flexibility index (Phi) is 9.71. The van der Waals surface area contributed by atoms with Crippen molar-refractivity contribution in [3.63, 3.8) is 0 Å². The summed E-state index contributed by atoms with van der Waals surface area (Å²) in [5, 5.41) is 5.53. The predicted octanol–water partition coefficient (Wildman–Crippen LogP) is 6.97. The number of ether oxygens (including phenoxy) is 2. The summed E-state index contributed by atoms with van der Waals surface area (Å²) in [5.41, 5.74) is 8.99. The molecule has 11 rings (SSSR count). The highest BCUT2D eigenvalue weighted by molar-refractivity contribution is 5.89. The third-order valence-corrected chi connectivity index (χ3v) is 13.7. The van der Waals surface area contributed by atoms with Crippen LogP contribution in [0.15, 0.2) is 97.1 Å². The van der Waals surface area contributed by atoms with Crippen LogP contribution < -0.4 is 10.6 Å². The van der Waals surface area contributed by atoms with Crippen LogP contribution in [0.4, 0.5) is 9.59 Å². The number of aryl methyl sites for hydroxylation is 2. The summed E-state index contributed by atoms with van der Waals surface area (Å²) in [7, 11) is 2.59. The number of rotatable bonds is 8. The molecule has 4 N–H and O–H groups in total. The number of H-pyrrole nitrogens is 2. The van der Waals surface area contributed by atoms with Gasteiger partial charge in [-0.25, -0.2) is 19.6 Å². The monoisotopic (exact) mass is 854 g/mol. The normalized spacial score (nSPS) is 23.0. The number of aromatic nitrogens is 4. The first-order chi connectivity index (χ1) is 31.2. The molecule has 4 aromatic carbocycles. The standard InChI is InChI=1S/C50H46N8O6/c1-63-49(61)55-42(29-9-5-3-6-10-29)47(59)57-38-23-32(38)25-40(57)45-51-35-19-16-28(22-37(35)53-45)14-13-27-15-18-34-31(21-27)17-20-36-44(34)54-46(52-36)41-26-33-24-39(33)58(41)48(60)43(56-50(62)64-2)30-11-7-4-8-12-30/h3-12,15-16,18-19,21-22,32-33,38-43H,17,20,23-26H2,1-2H3,(H,51,53)(H,52,54)(H,55,61)(H,56,62)/t32-,33-,38-,39-,40+,41+,42-,43-/m1/s1. The highest BCUT2D eigenvalue weighted by atomic mass is 16.5. The second-order valence-corrected chi connectivity index (χ2v) is 17.5. The average Bonchev–Trinajstić information content (AvgIpc) is 3.98. The molecule has 64 heavy (non-hydrogen) atoms. The van der Waals surface area contributed by atoms with Crippen molar-refractivity contribution < 1.29 is 28.7 Å². The molecule has 0 unspecified atom stereocenters. The minimum atomic E-state index is -0.882. The maximum Gasteiger partial charge on any atom is 0.407 e. The van der Waals surface area contributed by atoms with Gasteiger partial charge < -0.3 is 39.9 Å². The van der Waals surface area contributed by atoms with Crippen LogP contribution in [0.3, 0.4) is 0 Å². The molecule has 2 saturated heterocycles. The van der Waals surface area contributed by atoms with Crippen molar-refractivity contribution in [1.29, 1.82) is 0 Å². The molecular weight excluding hydrogens is 809 g/mol. The molecule has 3 aliphatic carbocycles. The zero-order chi connectivity index (χ0) is 43.6. The highest BCUT2D eigenvalue weighted by Crippen LogP contribution is 2.55. The van der Waals surface area contributed by atoms with Gasteiger partial charge in [-0.1, -0.05) is 78.6 Å². The van der Waals surface area contributed by atoms with Gasteiger partial charge in [0.15, 0.2) is 0 Å². The lowest BCUT2D eigenvalue weighted by atomic mass is 9.91. The summed E-state index contributed by atoms with van der Waals surface area (Å²) in [4.78, 5) is 74.3. The van der Waals surface area contributed by atoms with Crippen molar-refractivity contribution in [1.82, 2.24) is 40.4 Å². The number of carbonyl (C=O) groups excluding carboxylic acids is 4. The second-order valence-electron chi connectivity index (χ2n) is 17.5. The Labute approximate surface area is 369 Å². The lowest BCUT2D eigenvalue weighted by Crippen LogP contribution is -2.44. The second kappa shape index (κ2) is 15.7. The van der Waals surface area contributed by atoms with Crippen LogP contribution in [0, 0.1) is 23.7 Å². The molecule has 14 heteroatoms. The van der Waals surface area contributed by atoms with Gasteiger partial charge in [-0.05, 0) is 97.4 Å². The van der Waals surface area contributed by atoms with Crippen LogP contribution in [-0.2, 0) is 31.9 Å². The molecule has 6 aromatic rings. The van der Waals surface area contributed by atoms with Crippen LogP contribution in [0.25, 0.3) is 22.3 Å². The molecule has 4 amide bonds. The van der Waals surface area contributed by atoms with Crippen molar-refractivity contribution in [2.45, 2.75) is 74.8 Å². The number of aromatic amines is 2. The number of nitrogens with one attached hydrogen (secondary N) is 4. The number of amides is 4. The molecule has 14 nitrogen and oxygen atoms in total. The van der Waals surface area contributed by atoms with Crippen molar-refractivity contribution in [2.24, 2.45) is 11.8 Å². The van der Waals surface area contributed by atoms with E-state index in [0.29, 0.717) is 23.0 Å². The molecular formula is C50H46N8O6. The lowest BCUT2D eigenvalue weighted by Gasteiger charge is -2.30. The molecule has 0 spiro atoms. The number of methoxy groups -OCH3 is 2. The third-order valence-electron chi connectivity index (χ3n) is 13.7. The van der Waals surface area contributed by atoms with Crippen LogP contribution in [0.2, 0.25) is 0 Å². The molecule has 0 radical (unpaired) electrons. The Morgan fingerprint density at radius 3 is 1.78 bits per heavy atom. The van der Waals surface area contributed by atoms with Crippen molar-refractivity contribution in [3.05, 3.63) is 142 Å². The maximum absolute atomic E-state index is 14.3. The number of hydrogen-bond donors (Lipinski definition) is 4. The van der Waals surface area contributed by atoms with E-state index in [1.165, 1.54) is 19.8 Å². The van der Waals surface area contributed by atoms with E-state index < -0.39 is 24.3 Å². The number of nitrogens with zero attached hydrogens (tertiary/aromatic N) is 4. The fourth-order valence-electron chi connectivity index (χ4n) is 10.3. The van der Waals surface area contributed by atoms with Gasteiger partial charge in [0.05, 0.1) is 48.7 Å². The molecule has 2 aliphatic heterocycles. The fourth-order valence-corrected chi connectivity index (χ4v) is 10.3. The van der Waals surface area contributed by atoms with Crippen molar-refractivity contribution in [3.8, 4) is 23.1 Å². The molecule has 4 heterocycles. The zero-order valence-corrected chi connectivity index (χ0v) is 35.3. The lowest BCUT2D eigenvalue weighted by molar-refractivity contribution is -0.136. The Morgan fingerprint density at radius 2 is 1.20 bits per heavy atom. The van der Waals surface area contributed by atoms with Crippen molar-refractivity contribution in [2.75, 3.05) is 14.2 Å². The largest absolute Gasteiger partial charge is 0.453 e. The number of fused-ring (bicyclic) bond motifs is 6. The molecule has 5 aliphatic rings. The van der Waals surface area contributed by atoms with Gasteiger partial charge >= 0.3 is 12.2 Å². The number of alkyl carbamates (subject to hydrolysis) is 2. The van der Waals surface area contributed by atoms with E-state index in [9.17, 15) is 19.2 Å². The first kappa shape index (κ1) is 39.4. The van der Waals surface area contributed by atoms with E-state index in [1.54, 1.807) is 0 Å².